The molecule has 3 rings (SSSR count). The number of amides is 2. The van der Waals surface area contributed by atoms with Crippen molar-refractivity contribution in [1.82, 2.24) is 15.2 Å². The molecule has 0 unspecified atom stereocenters. The maximum Gasteiger partial charge on any atom is 0.319 e. The summed E-state index contributed by atoms with van der Waals surface area (Å²) in [5.41, 5.74) is 2.90. The van der Waals surface area contributed by atoms with Crippen LogP contribution in [-0.4, -0.2) is 48.6 Å². The predicted molar refractivity (Wildman–Crippen MR) is 101 cm³/mol. The molecule has 0 atom stereocenters. The SMILES string of the molecule is CCN1CCN(c2ccccc2NC(=O)NCc2cccnc2)CC1. The van der Waals surface area contributed by atoms with Crippen LogP contribution in [0.5, 0.6) is 0 Å². The third kappa shape index (κ3) is 4.70. The second-order valence-corrected chi connectivity index (χ2v) is 6.11. The topological polar surface area (TPSA) is 60.5 Å². The second-order valence-electron chi connectivity index (χ2n) is 6.11. The molecule has 1 aromatic heterocycles. The number of hydrogen-bond acceptors (Lipinski definition) is 4. The number of rotatable bonds is 5. The van der Waals surface area contributed by atoms with Crippen molar-refractivity contribution in [3.8, 4) is 0 Å². The maximum absolute atomic E-state index is 12.2. The summed E-state index contributed by atoms with van der Waals surface area (Å²) in [6, 6.07) is 11.6. The molecule has 0 radical (unpaired) electrons. The number of nitrogens with one attached hydrogen (secondary N) is 2. The van der Waals surface area contributed by atoms with Gasteiger partial charge in [0.1, 0.15) is 0 Å². The van der Waals surface area contributed by atoms with E-state index in [1.807, 2.05) is 30.3 Å². The van der Waals surface area contributed by atoms with Crippen LogP contribution in [0.2, 0.25) is 0 Å². The van der Waals surface area contributed by atoms with Crippen molar-refractivity contribution in [2.75, 3.05) is 42.9 Å². The number of benzene rings is 1. The highest BCUT2D eigenvalue weighted by atomic mass is 16.2. The van der Waals surface area contributed by atoms with Gasteiger partial charge in [-0.25, -0.2) is 4.79 Å². The van der Waals surface area contributed by atoms with Crippen LogP contribution < -0.4 is 15.5 Å². The number of hydrogen-bond donors (Lipinski definition) is 2. The Balaban J connectivity index is 1.60. The fraction of sp³-hybridized carbons (Fsp3) is 0.368. The molecule has 0 bridgehead atoms. The van der Waals surface area contributed by atoms with Gasteiger partial charge in [0, 0.05) is 45.1 Å². The summed E-state index contributed by atoms with van der Waals surface area (Å²) in [5.74, 6) is 0. The first-order valence-corrected chi connectivity index (χ1v) is 8.76. The quantitative estimate of drug-likeness (QED) is 0.879. The predicted octanol–water partition coefficient (Wildman–Crippen LogP) is 2.55. The molecule has 2 aromatic rings. The Morgan fingerprint density at radius 1 is 1.12 bits per heavy atom. The van der Waals surface area contributed by atoms with Gasteiger partial charge in [-0.1, -0.05) is 25.1 Å². The molecular formula is C19H25N5O. The average molecular weight is 339 g/mol. The van der Waals surface area contributed by atoms with Gasteiger partial charge in [0.05, 0.1) is 11.4 Å². The average Bonchev–Trinajstić information content (AvgIpc) is 2.68. The fourth-order valence-electron chi connectivity index (χ4n) is 3.01. The highest BCUT2D eigenvalue weighted by Gasteiger charge is 2.18. The molecule has 1 saturated heterocycles. The molecule has 1 aliphatic rings. The van der Waals surface area contributed by atoms with Gasteiger partial charge in [0.2, 0.25) is 0 Å². The van der Waals surface area contributed by atoms with E-state index >= 15 is 0 Å². The monoisotopic (exact) mass is 339 g/mol. The number of pyridine rings is 1. The highest BCUT2D eigenvalue weighted by molar-refractivity contribution is 5.93. The Labute approximate surface area is 148 Å². The van der Waals surface area contributed by atoms with Crippen LogP contribution in [0.25, 0.3) is 0 Å². The van der Waals surface area contributed by atoms with Crippen LogP contribution in [0.3, 0.4) is 0 Å². The zero-order chi connectivity index (χ0) is 17.5. The lowest BCUT2D eigenvalue weighted by molar-refractivity contribution is 0.251. The number of carbonyl (C=O) groups is 1. The first-order chi connectivity index (χ1) is 12.3. The largest absolute Gasteiger partial charge is 0.367 e. The number of para-hydroxylation sites is 2. The van der Waals surface area contributed by atoms with Crippen molar-refractivity contribution in [3.05, 3.63) is 54.4 Å². The Bertz CT molecular complexity index is 683. The molecule has 2 amide bonds. The summed E-state index contributed by atoms with van der Waals surface area (Å²) >= 11 is 0. The Kier molecular flexibility index (Phi) is 5.85. The van der Waals surface area contributed by atoms with Crippen LogP contribution in [0, 0.1) is 0 Å². The van der Waals surface area contributed by atoms with Crippen molar-refractivity contribution < 1.29 is 4.79 Å². The molecular weight excluding hydrogens is 314 g/mol. The Hall–Kier alpha value is -2.60. The van der Waals surface area contributed by atoms with E-state index in [1.165, 1.54) is 0 Å². The van der Waals surface area contributed by atoms with Crippen molar-refractivity contribution in [2.45, 2.75) is 13.5 Å². The van der Waals surface area contributed by atoms with Gasteiger partial charge in [-0.15, -0.1) is 0 Å². The lowest BCUT2D eigenvalue weighted by Gasteiger charge is -2.36. The molecule has 25 heavy (non-hydrogen) atoms. The molecule has 1 fully saturated rings. The van der Waals surface area contributed by atoms with Gasteiger partial charge in [-0.05, 0) is 30.3 Å². The summed E-state index contributed by atoms with van der Waals surface area (Å²) in [7, 11) is 0. The summed E-state index contributed by atoms with van der Waals surface area (Å²) in [6.45, 7) is 7.79. The van der Waals surface area contributed by atoms with E-state index in [0.717, 1.165) is 49.7 Å². The molecule has 2 heterocycles. The minimum Gasteiger partial charge on any atom is -0.367 e. The zero-order valence-electron chi connectivity index (χ0n) is 14.6. The van der Waals surface area contributed by atoms with E-state index in [2.05, 4.69) is 38.4 Å². The molecule has 6 nitrogen and oxygen atoms in total. The van der Waals surface area contributed by atoms with E-state index in [0.29, 0.717) is 6.54 Å². The summed E-state index contributed by atoms with van der Waals surface area (Å²) < 4.78 is 0. The molecule has 2 N–H and O–H groups in total. The smallest absolute Gasteiger partial charge is 0.319 e. The zero-order valence-corrected chi connectivity index (χ0v) is 14.6. The fourth-order valence-corrected chi connectivity index (χ4v) is 3.01. The van der Waals surface area contributed by atoms with Gasteiger partial charge in [-0.2, -0.15) is 0 Å². The third-order valence-electron chi connectivity index (χ3n) is 4.49. The van der Waals surface area contributed by atoms with Crippen LogP contribution >= 0.6 is 0 Å². The van der Waals surface area contributed by atoms with Gasteiger partial charge >= 0.3 is 6.03 Å². The highest BCUT2D eigenvalue weighted by Crippen LogP contribution is 2.26. The molecule has 6 heteroatoms. The van der Waals surface area contributed by atoms with E-state index in [9.17, 15) is 4.79 Å². The van der Waals surface area contributed by atoms with Crippen LogP contribution in [-0.2, 0) is 6.54 Å². The number of urea groups is 1. The Morgan fingerprint density at radius 2 is 1.92 bits per heavy atom. The van der Waals surface area contributed by atoms with E-state index in [-0.39, 0.29) is 6.03 Å². The molecule has 0 aliphatic carbocycles. The van der Waals surface area contributed by atoms with Crippen molar-refractivity contribution in [3.63, 3.8) is 0 Å². The third-order valence-corrected chi connectivity index (χ3v) is 4.49. The number of carbonyl (C=O) groups excluding carboxylic acids is 1. The molecule has 1 aromatic carbocycles. The van der Waals surface area contributed by atoms with E-state index in [1.54, 1.807) is 12.4 Å². The van der Waals surface area contributed by atoms with E-state index in [4.69, 9.17) is 0 Å². The molecule has 0 saturated carbocycles. The Morgan fingerprint density at radius 3 is 2.64 bits per heavy atom. The number of aromatic nitrogens is 1. The standard InChI is InChI=1S/C19H25N5O/c1-2-23-10-12-24(13-11-23)18-8-4-3-7-17(18)22-19(25)21-15-16-6-5-9-20-14-16/h3-9,14H,2,10-13,15H2,1H3,(H2,21,22,25). The number of nitrogens with zero attached hydrogens (tertiary/aromatic N) is 3. The van der Waals surface area contributed by atoms with Crippen LogP contribution in [0.4, 0.5) is 16.2 Å². The van der Waals surface area contributed by atoms with Gasteiger partial charge in [-0.3, -0.25) is 4.98 Å². The molecule has 0 spiro atoms. The number of piperazine rings is 1. The lowest BCUT2D eigenvalue weighted by atomic mass is 10.2. The minimum absolute atomic E-state index is 0.205. The van der Waals surface area contributed by atoms with Crippen LogP contribution in [0.1, 0.15) is 12.5 Å². The first kappa shape index (κ1) is 17.2. The normalized spacial score (nSPS) is 15.0. The van der Waals surface area contributed by atoms with Crippen molar-refractivity contribution in [2.24, 2.45) is 0 Å². The minimum atomic E-state index is -0.205. The number of likely N-dealkylation sites (N-methyl/N-ethyl adjacent to an activating group) is 1. The number of anilines is 2. The van der Waals surface area contributed by atoms with E-state index < -0.39 is 0 Å². The summed E-state index contributed by atoms with van der Waals surface area (Å²) in [5, 5.41) is 5.85. The van der Waals surface area contributed by atoms with Crippen LogP contribution in [0.15, 0.2) is 48.8 Å². The molecule has 1 aliphatic heterocycles. The summed E-state index contributed by atoms with van der Waals surface area (Å²) in [4.78, 5) is 21.1. The van der Waals surface area contributed by atoms with Gasteiger partial charge in [0.25, 0.3) is 0 Å². The van der Waals surface area contributed by atoms with Crippen molar-refractivity contribution in [1.29, 1.82) is 0 Å². The van der Waals surface area contributed by atoms with Crippen molar-refractivity contribution >= 4 is 17.4 Å². The lowest BCUT2D eigenvalue weighted by Crippen LogP contribution is -2.46. The van der Waals surface area contributed by atoms with Gasteiger partial charge in [0.15, 0.2) is 0 Å². The summed E-state index contributed by atoms with van der Waals surface area (Å²) in [6.07, 6.45) is 3.47. The first-order valence-electron chi connectivity index (χ1n) is 8.76. The van der Waals surface area contributed by atoms with Gasteiger partial charge < -0.3 is 20.4 Å². The molecule has 132 valence electrons. The maximum atomic E-state index is 12.2. The second kappa shape index (κ2) is 8.48.